The van der Waals surface area contributed by atoms with E-state index in [9.17, 15) is 9.59 Å². The van der Waals surface area contributed by atoms with Gasteiger partial charge in [0.15, 0.2) is 5.76 Å². The number of benzene rings is 1. The van der Waals surface area contributed by atoms with Gasteiger partial charge in [0.1, 0.15) is 0 Å². The summed E-state index contributed by atoms with van der Waals surface area (Å²) < 4.78 is 10.7. The van der Waals surface area contributed by atoms with Crippen molar-refractivity contribution in [3.8, 4) is 11.3 Å². The molecular weight excluding hydrogens is 358 g/mol. The predicted octanol–water partition coefficient (Wildman–Crippen LogP) is 1.98. The highest BCUT2D eigenvalue weighted by atomic mass is 16.5. The van der Waals surface area contributed by atoms with Crippen LogP contribution < -0.4 is 0 Å². The largest absolute Gasteiger partial charge is 0.378 e. The van der Waals surface area contributed by atoms with E-state index in [0.29, 0.717) is 50.8 Å². The van der Waals surface area contributed by atoms with Crippen molar-refractivity contribution in [1.29, 1.82) is 0 Å². The SMILES string of the molecule is O=C(Cc1cc(-c2ccccc2)on1)N1CCC(C(=O)N2CCOCC2)CC1. The number of ether oxygens (including phenoxy) is 1. The van der Waals surface area contributed by atoms with Gasteiger partial charge in [-0.1, -0.05) is 35.5 Å². The van der Waals surface area contributed by atoms with Crippen LogP contribution in [0.1, 0.15) is 18.5 Å². The molecule has 0 saturated carbocycles. The van der Waals surface area contributed by atoms with Gasteiger partial charge in [-0.2, -0.15) is 0 Å². The number of piperidine rings is 1. The fourth-order valence-corrected chi connectivity index (χ4v) is 3.82. The van der Waals surface area contributed by atoms with Gasteiger partial charge in [-0.05, 0) is 12.8 Å². The maximum absolute atomic E-state index is 12.6. The normalized spacial score (nSPS) is 18.3. The molecule has 2 fully saturated rings. The third-order valence-corrected chi connectivity index (χ3v) is 5.47. The van der Waals surface area contributed by atoms with Gasteiger partial charge in [-0.15, -0.1) is 0 Å². The van der Waals surface area contributed by atoms with Crippen LogP contribution in [-0.2, 0) is 20.7 Å². The number of carbonyl (C=O) groups is 2. The Morgan fingerprint density at radius 1 is 1.00 bits per heavy atom. The van der Waals surface area contributed by atoms with Crippen molar-refractivity contribution < 1.29 is 18.8 Å². The van der Waals surface area contributed by atoms with Crippen LogP contribution in [0.25, 0.3) is 11.3 Å². The molecule has 0 atom stereocenters. The molecule has 0 spiro atoms. The number of morpholine rings is 1. The lowest BCUT2D eigenvalue weighted by Gasteiger charge is -2.35. The Morgan fingerprint density at radius 2 is 1.71 bits per heavy atom. The average molecular weight is 383 g/mol. The van der Waals surface area contributed by atoms with Crippen molar-refractivity contribution in [3.63, 3.8) is 0 Å². The number of hydrogen-bond acceptors (Lipinski definition) is 5. The Kier molecular flexibility index (Phi) is 5.71. The summed E-state index contributed by atoms with van der Waals surface area (Å²) in [4.78, 5) is 29.0. The first-order valence-corrected chi connectivity index (χ1v) is 9.86. The molecule has 2 aliphatic heterocycles. The van der Waals surface area contributed by atoms with Crippen molar-refractivity contribution >= 4 is 11.8 Å². The van der Waals surface area contributed by atoms with Gasteiger partial charge in [-0.25, -0.2) is 0 Å². The summed E-state index contributed by atoms with van der Waals surface area (Å²) in [5.74, 6) is 0.918. The van der Waals surface area contributed by atoms with Crippen LogP contribution in [0.5, 0.6) is 0 Å². The van der Waals surface area contributed by atoms with Gasteiger partial charge in [0, 0.05) is 43.7 Å². The van der Waals surface area contributed by atoms with E-state index in [1.807, 2.05) is 46.2 Å². The smallest absolute Gasteiger partial charge is 0.228 e. The van der Waals surface area contributed by atoms with Crippen LogP contribution in [0.3, 0.4) is 0 Å². The van der Waals surface area contributed by atoms with Crippen LogP contribution in [0.15, 0.2) is 40.9 Å². The van der Waals surface area contributed by atoms with Gasteiger partial charge in [0.2, 0.25) is 11.8 Å². The number of amides is 2. The van der Waals surface area contributed by atoms with Crippen molar-refractivity contribution in [1.82, 2.24) is 15.0 Å². The quantitative estimate of drug-likeness (QED) is 0.807. The third kappa shape index (κ3) is 4.25. The number of aromatic nitrogens is 1. The van der Waals surface area contributed by atoms with Crippen LogP contribution in [0, 0.1) is 5.92 Å². The zero-order valence-electron chi connectivity index (χ0n) is 15.9. The Labute approximate surface area is 164 Å². The summed E-state index contributed by atoms with van der Waals surface area (Å²) in [6, 6.07) is 11.5. The molecule has 148 valence electrons. The first-order chi connectivity index (χ1) is 13.7. The minimum atomic E-state index is 0.0129. The van der Waals surface area contributed by atoms with E-state index in [1.54, 1.807) is 0 Å². The Balaban J connectivity index is 1.28. The zero-order chi connectivity index (χ0) is 19.3. The van der Waals surface area contributed by atoms with E-state index in [0.717, 1.165) is 18.4 Å². The second-order valence-electron chi connectivity index (χ2n) is 7.32. The third-order valence-electron chi connectivity index (χ3n) is 5.47. The van der Waals surface area contributed by atoms with Gasteiger partial charge < -0.3 is 19.1 Å². The molecule has 2 aromatic rings. The minimum Gasteiger partial charge on any atom is -0.378 e. The number of nitrogens with zero attached hydrogens (tertiary/aromatic N) is 3. The molecule has 0 radical (unpaired) electrons. The lowest BCUT2D eigenvalue weighted by Crippen LogP contribution is -2.47. The van der Waals surface area contributed by atoms with Crippen molar-refractivity contribution in [2.24, 2.45) is 5.92 Å². The number of hydrogen-bond donors (Lipinski definition) is 0. The van der Waals surface area contributed by atoms with Crippen LogP contribution in [-0.4, -0.2) is 66.2 Å². The molecule has 1 aromatic carbocycles. The maximum Gasteiger partial charge on any atom is 0.228 e. The van der Waals surface area contributed by atoms with Crippen molar-refractivity contribution in [2.45, 2.75) is 19.3 Å². The molecule has 0 N–H and O–H groups in total. The van der Waals surface area contributed by atoms with E-state index in [1.165, 1.54) is 0 Å². The lowest BCUT2D eigenvalue weighted by molar-refractivity contribution is -0.143. The molecule has 0 unspecified atom stereocenters. The Hall–Kier alpha value is -2.67. The first kappa shape index (κ1) is 18.7. The summed E-state index contributed by atoms with van der Waals surface area (Å²) in [5, 5.41) is 4.04. The summed E-state index contributed by atoms with van der Waals surface area (Å²) in [6.45, 7) is 3.81. The monoisotopic (exact) mass is 383 g/mol. The lowest BCUT2D eigenvalue weighted by atomic mass is 9.94. The average Bonchev–Trinajstić information content (AvgIpc) is 3.23. The highest BCUT2D eigenvalue weighted by Crippen LogP contribution is 2.23. The summed E-state index contributed by atoms with van der Waals surface area (Å²) in [5.41, 5.74) is 1.58. The minimum absolute atomic E-state index is 0.0129. The molecular formula is C21H25N3O4. The van der Waals surface area contributed by atoms with E-state index in [2.05, 4.69) is 5.16 Å². The van der Waals surface area contributed by atoms with Gasteiger partial charge in [0.25, 0.3) is 0 Å². The van der Waals surface area contributed by atoms with Gasteiger partial charge in [-0.3, -0.25) is 9.59 Å². The Morgan fingerprint density at radius 3 is 2.43 bits per heavy atom. The molecule has 1 aromatic heterocycles. The highest BCUT2D eigenvalue weighted by molar-refractivity contribution is 5.81. The predicted molar refractivity (Wildman–Crippen MR) is 102 cm³/mol. The summed E-state index contributed by atoms with van der Waals surface area (Å²) in [6.07, 6.45) is 1.66. The standard InChI is InChI=1S/C21H25N3O4/c25-20(15-18-14-19(28-22-18)16-4-2-1-3-5-16)23-8-6-17(7-9-23)21(26)24-10-12-27-13-11-24/h1-5,14,17H,6-13,15H2. The molecule has 3 heterocycles. The molecule has 2 saturated heterocycles. The molecule has 28 heavy (non-hydrogen) atoms. The van der Waals surface area contributed by atoms with E-state index in [-0.39, 0.29) is 24.2 Å². The van der Waals surface area contributed by atoms with E-state index in [4.69, 9.17) is 9.26 Å². The molecule has 2 aliphatic rings. The van der Waals surface area contributed by atoms with Crippen molar-refractivity contribution in [3.05, 3.63) is 42.1 Å². The first-order valence-electron chi connectivity index (χ1n) is 9.86. The maximum atomic E-state index is 12.6. The van der Waals surface area contributed by atoms with E-state index >= 15 is 0 Å². The topological polar surface area (TPSA) is 75.9 Å². The molecule has 4 rings (SSSR count). The molecule has 0 bridgehead atoms. The fraction of sp³-hybridized carbons (Fsp3) is 0.476. The number of likely N-dealkylation sites (tertiary alicyclic amines) is 1. The molecule has 0 aliphatic carbocycles. The second kappa shape index (κ2) is 8.56. The van der Waals surface area contributed by atoms with Crippen LogP contribution in [0.2, 0.25) is 0 Å². The van der Waals surface area contributed by atoms with Crippen LogP contribution in [0.4, 0.5) is 0 Å². The van der Waals surface area contributed by atoms with Gasteiger partial charge >= 0.3 is 0 Å². The molecule has 7 heteroatoms. The Bertz CT molecular complexity index is 806. The summed E-state index contributed by atoms with van der Waals surface area (Å²) >= 11 is 0. The van der Waals surface area contributed by atoms with E-state index < -0.39 is 0 Å². The summed E-state index contributed by atoms with van der Waals surface area (Å²) in [7, 11) is 0. The molecule has 2 amide bonds. The van der Waals surface area contributed by atoms with Crippen molar-refractivity contribution in [2.75, 3.05) is 39.4 Å². The molecule has 7 nitrogen and oxygen atoms in total. The number of rotatable bonds is 4. The zero-order valence-corrected chi connectivity index (χ0v) is 15.9. The van der Waals surface area contributed by atoms with Crippen LogP contribution >= 0.6 is 0 Å². The fourth-order valence-electron chi connectivity index (χ4n) is 3.82. The second-order valence-corrected chi connectivity index (χ2v) is 7.32. The highest BCUT2D eigenvalue weighted by Gasteiger charge is 2.31. The van der Waals surface area contributed by atoms with Gasteiger partial charge in [0.05, 0.1) is 25.3 Å². The number of carbonyl (C=O) groups excluding carboxylic acids is 2.